The molecule has 0 atom stereocenters. The second-order valence-electron chi connectivity index (χ2n) is 3.92. The van der Waals surface area contributed by atoms with E-state index in [1.54, 1.807) is 6.20 Å². The second-order valence-corrected chi connectivity index (χ2v) is 4.83. The Morgan fingerprint density at radius 3 is 2.59 bits per heavy atom. The molecule has 0 aliphatic rings. The molecule has 0 unspecified atom stereocenters. The van der Waals surface area contributed by atoms with Gasteiger partial charge in [0.25, 0.3) is 0 Å². The van der Waals surface area contributed by atoms with Crippen LogP contribution in [0.5, 0.6) is 0 Å². The maximum absolute atomic E-state index is 4.49. The van der Waals surface area contributed by atoms with Gasteiger partial charge in [-0.1, -0.05) is 28.1 Å². The van der Waals surface area contributed by atoms with Crippen molar-refractivity contribution in [3.05, 3.63) is 46.6 Å². The topological polar surface area (TPSA) is 41.6 Å². The zero-order valence-electron chi connectivity index (χ0n) is 9.24. The summed E-state index contributed by atoms with van der Waals surface area (Å²) in [7, 11) is 0. The number of fused-ring (bicyclic) bond motifs is 1. The predicted octanol–water partition coefficient (Wildman–Crippen LogP) is 3.70. The molecule has 0 bridgehead atoms. The van der Waals surface area contributed by atoms with E-state index in [4.69, 9.17) is 0 Å². The van der Waals surface area contributed by atoms with Gasteiger partial charge in [0.05, 0.1) is 5.52 Å². The first-order valence-corrected chi connectivity index (χ1v) is 6.10. The summed E-state index contributed by atoms with van der Waals surface area (Å²) in [5, 5.41) is 0. The van der Waals surface area contributed by atoms with E-state index < -0.39 is 0 Å². The zero-order valence-corrected chi connectivity index (χ0v) is 10.8. The number of rotatable bonds is 1. The number of imidazole rings is 1. The third-order valence-corrected chi connectivity index (χ3v) is 3.25. The van der Waals surface area contributed by atoms with Gasteiger partial charge in [-0.3, -0.25) is 0 Å². The summed E-state index contributed by atoms with van der Waals surface area (Å²) in [5.41, 5.74) is 3.99. The van der Waals surface area contributed by atoms with Crippen molar-refractivity contribution < 1.29 is 0 Å². The van der Waals surface area contributed by atoms with Crippen LogP contribution in [0.4, 0.5) is 0 Å². The summed E-state index contributed by atoms with van der Waals surface area (Å²) in [6.07, 6.45) is 1.78. The first-order valence-electron chi connectivity index (χ1n) is 5.31. The van der Waals surface area contributed by atoms with E-state index in [2.05, 4.69) is 30.9 Å². The van der Waals surface area contributed by atoms with Gasteiger partial charge in [0.2, 0.25) is 0 Å². The number of pyridine rings is 1. The van der Waals surface area contributed by atoms with E-state index in [0.29, 0.717) is 0 Å². The number of benzene rings is 1. The molecule has 0 amide bonds. The Kier molecular flexibility index (Phi) is 2.44. The molecule has 3 rings (SSSR count). The number of hydrogen-bond donors (Lipinski definition) is 1. The maximum Gasteiger partial charge on any atom is 0.178 e. The lowest BCUT2D eigenvalue weighted by Crippen LogP contribution is -1.79. The summed E-state index contributed by atoms with van der Waals surface area (Å²) in [6.45, 7) is 2.05. The first kappa shape index (κ1) is 10.5. The molecule has 2 heterocycles. The number of H-pyrrole nitrogens is 1. The van der Waals surface area contributed by atoms with Crippen LogP contribution in [0.25, 0.3) is 22.6 Å². The minimum absolute atomic E-state index is 0.767. The molecular weight excluding hydrogens is 278 g/mol. The molecule has 1 aromatic carbocycles. The van der Waals surface area contributed by atoms with Crippen LogP contribution < -0.4 is 0 Å². The second kappa shape index (κ2) is 3.96. The smallest absolute Gasteiger partial charge is 0.178 e. The van der Waals surface area contributed by atoms with Crippen LogP contribution >= 0.6 is 15.9 Å². The maximum atomic E-state index is 4.49. The molecule has 1 N–H and O–H groups in total. The Balaban J connectivity index is 2.18. The van der Waals surface area contributed by atoms with Crippen LogP contribution in [0.2, 0.25) is 0 Å². The van der Waals surface area contributed by atoms with Gasteiger partial charge in [0.1, 0.15) is 5.82 Å². The Morgan fingerprint density at radius 2 is 1.88 bits per heavy atom. The fourth-order valence-electron chi connectivity index (χ4n) is 1.78. The third kappa shape index (κ3) is 1.85. The first-order chi connectivity index (χ1) is 8.24. The molecule has 0 fully saturated rings. The summed E-state index contributed by atoms with van der Waals surface area (Å²) in [4.78, 5) is 12.1. The number of aromatic nitrogens is 3. The number of aryl methyl sites for hydroxylation is 1. The Bertz CT molecular complexity index is 671. The number of nitrogens with one attached hydrogen (secondary N) is 1. The molecule has 3 nitrogen and oxygen atoms in total. The highest BCUT2D eigenvalue weighted by atomic mass is 79.9. The predicted molar refractivity (Wildman–Crippen MR) is 71.8 cm³/mol. The number of nitrogens with zero attached hydrogens (tertiary/aromatic N) is 2. The van der Waals surface area contributed by atoms with Crippen molar-refractivity contribution >= 4 is 27.1 Å². The van der Waals surface area contributed by atoms with Gasteiger partial charge in [-0.25, -0.2) is 9.97 Å². The molecule has 0 saturated heterocycles. The summed E-state index contributed by atoms with van der Waals surface area (Å²) in [5.74, 6) is 0.856. The molecule has 0 aliphatic carbocycles. The quantitative estimate of drug-likeness (QED) is 0.742. The van der Waals surface area contributed by atoms with E-state index in [1.807, 2.05) is 37.3 Å². The molecule has 3 aromatic rings. The van der Waals surface area contributed by atoms with E-state index in [0.717, 1.165) is 32.6 Å². The average Bonchev–Trinajstić information content (AvgIpc) is 2.75. The molecule has 0 saturated carbocycles. The Hall–Kier alpha value is -1.68. The minimum atomic E-state index is 0.767. The third-order valence-electron chi connectivity index (χ3n) is 2.72. The number of hydrogen-bond acceptors (Lipinski definition) is 2. The minimum Gasteiger partial charge on any atom is -0.336 e. The molecule has 0 aliphatic heterocycles. The highest BCUT2D eigenvalue weighted by molar-refractivity contribution is 9.10. The summed E-state index contributed by atoms with van der Waals surface area (Å²) >= 11 is 3.42. The highest BCUT2D eigenvalue weighted by Gasteiger charge is 2.07. The van der Waals surface area contributed by atoms with Crippen molar-refractivity contribution in [2.45, 2.75) is 6.92 Å². The van der Waals surface area contributed by atoms with Crippen LogP contribution in [0, 0.1) is 6.92 Å². The van der Waals surface area contributed by atoms with Crippen molar-refractivity contribution in [2.24, 2.45) is 0 Å². The molecule has 2 aromatic heterocycles. The lowest BCUT2D eigenvalue weighted by atomic mass is 10.2. The largest absolute Gasteiger partial charge is 0.336 e. The molecule has 17 heavy (non-hydrogen) atoms. The van der Waals surface area contributed by atoms with Crippen molar-refractivity contribution in [3.63, 3.8) is 0 Å². The van der Waals surface area contributed by atoms with Crippen LogP contribution in [-0.4, -0.2) is 15.0 Å². The molecule has 0 spiro atoms. The number of aromatic amines is 1. The highest BCUT2D eigenvalue weighted by Crippen LogP contribution is 2.22. The van der Waals surface area contributed by atoms with Crippen molar-refractivity contribution in [1.82, 2.24) is 15.0 Å². The van der Waals surface area contributed by atoms with E-state index in [9.17, 15) is 0 Å². The molecule has 4 heteroatoms. The van der Waals surface area contributed by atoms with Gasteiger partial charge >= 0.3 is 0 Å². The standard InChI is InChI=1S/C13H10BrN3/c1-8-6-7-15-13-11(8)16-12(17-13)9-2-4-10(14)5-3-9/h2-7H,1H3,(H,15,16,17). The fraction of sp³-hybridized carbons (Fsp3) is 0.0769. The SMILES string of the molecule is Cc1ccnc2nc(-c3ccc(Br)cc3)[nH]c12. The summed E-state index contributed by atoms with van der Waals surface area (Å²) in [6, 6.07) is 10.0. The van der Waals surface area contributed by atoms with E-state index >= 15 is 0 Å². The number of halogens is 1. The van der Waals surface area contributed by atoms with Gasteiger partial charge in [-0.15, -0.1) is 0 Å². The monoisotopic (exact) mass is 287 g/mol. The zero-order chi connectivity index (χ0) is 11.8. The lowest BCUT2D eigenvalue weighted by Gasteiger charge is -1.95. The van der Waals surface area contributed by atoms with Crippen LogP contribution in [-0.2, 0) is 0 Å². The van der Waals surface area contributed by atoms with Crippen LogP contribution in [0.1, 0.15) is 5.56 Å². The van der Waals surface area contributed by atoms with Crippen LogP contribution in [0.3, 0.4) is 0 Å². The normalized spacial score (nSPS) is 10.9. The molecular formula is C13H10BrN3. The van der Waals surface area contributed by atoms with Gasteiger partial charge in [0, 0.05) is 16.2 Å². The van der Waals surface area contributed by atoms with Gasteiger partial charge in [0.15, 0.2) is 5.65 Å². The van der Waals surface area contributed by atoms with Gasteiger partial charge in [-0.2, -0.15) is 0 Å². The Labute approximate surface area is 107 Å². The van der Waals surface area contributed by atoms with Crippen molar-refractivity contribution in [3.8, 4) is 11.4 Å². The van der Waals surface area contributed by atoms with E-state index in [1.165, 1.54) is 0 Å². The Morgan fingerprint density at radius 1 is 1.12 bits per heavy atom. The van der Waals surface area contributed by atoms with Gasteiger partial charge in [-0.05, 0) is 30.7 Å². The van der Waals surface area contributed by atoms with Crippen molar-refractivity contribution in [2.75, 3.05) is 0 Å². The van der Waals surface area contributed by atoms with Gasteiger partial charge < -0.3 is 4.98 Å². The van der Waals surface area contributed by atoms with Crippen LogP contribution in [0.15, 0.2) is 41.0 Å². The lowest BCUT2D eigenvalue weighted by molar-refractivity contribution is 1.30. The van der Waals surface area contributed by atoms with Crippen molar-refractivity contribution in [1.29, 1.82) is 0 Å². The summed E-state index contributed by atoms with van der Waals surface area (Å²) < 4.78 is 1.06. The molecule has 84 valence electrons. The van der Waals surface area contributed by atoms with E-state index in [-0.39, 0.29) is 0 Å². The average molecular weight is 288 g/mol. The fourth-order valence-corrected chi connectivity index (χ4v) is 2.04. The molecule has 0 radical (unpaired) electrons.